The summed E-state index contributed by atoms with van der Waals surface area (Å²) in [6.45, 7) is 8.89. The van der Waals surface area contributed by atoms with Gasteiger partial charge in [0.1, 0.15) is 17.0 Å². The number of aromatic nitrogens is 2. The van der Waals surface area contributed by atoms with Gasteiger partial charge in [-0.15, -0.1) is 0 Å². The number of hydrogen-bond acceptors (Lipinski definition) is 6. The molecule has 32 heavy (non-hydrogen) atoms. The van der Waals surface area contributed by atoms with Crippen molar-refractivity contribution in [2.24, 2.45) is 5.92 Å². The number of hydrogen-bond donors (Lipinski definition) is 2. The molecule has 3 heterocycles. The monoisotopic (exact) mass is 442 g/mol. The third-order valence-corrected chi connectivity index (χ3v) is 6.71. The second kappa shape index (κ2) is 9.58. The van der Waals surface area contributed by atoms with E-state index in [1.807, 2.05) is 13.8 Å². The van der Waals surface area contributed by atoms with Crippen LogP contribution < -0.4 is 10.9 Å². The summed E-state index contributed by atoms with van der Waals surface area (Å²) in [5, 5.41) is 14.2. The minimum absolute atomic E-state index is 0.0341. The van der Waals surface area contributed by atoms with Gasteiger partial charge in [0.05, 0.1) is 17.6 Å². The molecular weight excluding hydrogens is 408 g/mol. The number of fused-ring (bicyclic) bond motifs is 1. The molecule has 8 nitrogen and oxygen atoms in total. The van der Waals surface area contributed by atoms with Crippen LogP contribution in [0.25, 0.3) is 11.0 Å². The lowest BCUT2D eigenvalue weighted by Crippen LogP contribution is -2.47. The molecule has 2 aliphatic rings. The van der Waals surface area contributed by atoms with Gasteiger partial charge in [-0.25, -0.2) is 4.98 Å². The maximum absolute atomic E-state index is 13.4. The van der Waals surface area contributed by atoms with Crippen molar-refractivity contribution in [3.8, 4) is 5.75 Å². The minimum atomic E-state index is -0.500. The molecule has 2 atom stereocenters. The molecule has 1 amide bonds. The Balaban J connectivity index is 1.62. The third-order valence-electron chi connectivity index (χ3n) is 6.71. The summed E-state index contributed by atoms with van der Waals surface area (Å²) in [6, 6.07) is 3.43. The molecule has 4 rings (SSSR count). The minimum Gasteiger partial charge on any atom is -0.506 e. The molecule has 1 saturated heterocycles. The smallest absolute Gasteiger partial charge is 0.268 e. The normalized spacial score (nSPS) is 26.8. The molecule has 1 aliphatic carbocycles. The topological polar surface area (TPSA) is 96.7 Å². The molecule has 0 spiro atoms. The molecule has 2 aromatic rings. The first-order chi connectivity index (χ1) is 15.3. The molecule has 8 heteroatoms. The summed E-state index contributed by atoms with van der Waals surface area (Å²) in [4.78, 5) is 33.1. The van der Waals surface area contributed by atoms with Crippen molar-refractivity contribution in [3.05, 3.63) is 34.2 Å². The van der Waals surface area contributed by atoms with Crippen LogP contribution in [0, 0.1) is 5.92 Å². The molecule has 0 bridgehead atoms. The quantitative estimate of drug-likeness (QED) is 0.739. The summed E-state index contributed by atoms with van der Waals surface area (Å²) in [5.41, 5.74) is -0.287. The Morgan fingerprint density at radius 1 is 1.16 bits per heavy atom. The molecule has 0 radical (unpaired) electrons. The number of nitrogens with zero attached hydrogens (tertiary/aromatic N) is 3. The van der Waals surface area contributed by atoms with Crippen LogP contribution in [0.3, 0.4) is 0 Å². The number of rotatable bonds is 5. The highest BCUT2D eigenvalue weighted by molar-refractivity contribution is 6.01. The summed E-state index contributed by atoms with van der Waals surface area (Å²) in [7, 11) is 0. The van der Waals surface area contributed by atoms with E-state index in [9.17, 15) is 14.7 Å². The maximum atomic E-state index is 13.4. The standard InChI is InChI=1S/C24H34N4O4/c1-15-6-8-18(9-7-15)26-23(30)20-21(29)19-5-4-10-25-22(19)28(24(20)31)12-11-27-13-16(2)32-17(3)14-27/h4-5,10,15-18,29H,6-9,11-14H2,1-3H3,(H,26,30)/t15-,16-,17-,18+/m1/s1. The van der Waals surface area contributed by atoms with Gasteiger partial charge in [-0.3, -0.25) is 19.1 Å². The van der Waals surface area contributed by atoms with Crippen molar-refractivity contribution in [3.63, 3.8) is 0 Å². The van der Waals surface area contributed by atoms with Crippen LogP contribution in [-0.2, 0) is 11.3 Å². The molecule has 1 aliphatic heterocycles. The van der Waals surface area contributed by atoms with E-state index in [1.165, 1.54) is 4.57 Å². The molecule has 1 saturated carbocycles. The number of aromatic hydroxyl groups is 1. The van der Waals surface area contributed by atoms with Crippen LogP contribution in [0.15, 0.2) is 23.1 Å². The van der Waals surface area contributed by atoms with Gasteiger partial charge in [0.25, 0.3) is 11.5 Å². The van der Waals surface area contributed by atoms with Crippen molar-refractivity contribution in [1.82, 2.24) is 19.8 Å². The van der Waals surface area contributed by atoms with Gasteiger partial charge in [0.2, 0.25) is 0 Å². The van der Waals surface area contributed by atoms with Crippen LogP contribution in [0.4, 0.5) is 0 Å². The highest BCUT2D eigenvalue weighted by Gasteiger charge is 2.27. The van der Waals surface area contributed by atoms with E-state index in [1.54, 1.807) is 18.3 Å². The van der Waals surface area contributed by atoms with E-state index in [0.29, 0.717) is 30.0 Å². The van der Waals surface area contributed by atoms with E-state index in [4.69, 9.17) is 4.74 Å². The average molecular weight is 443 g/mol. The number of ether oxygens (including phenoxy) is 1. The Kier molecular flexibility index (Phi) is 6.81. The molecule has 2 N–H and O–H groups in total. The fourth-order valence-electron chi connectivity index (χ4n) is 5.05. The zero-order valence-corrected chi connectivity index (χ0v) is 19.2. The van der Waals surface area contributed by atoms with E-state index in [2.05, 4.69) is 22.1 Å². The Labute approximate surface area is 188 Å². The summed E-state index contributed by atoms with van der Waals surface area (Å²) >= 11 is 0. The zero-order chi connectivity index (χ0) is 22.8. The predicted molar refractivity (Wildman–Crippen MR) is 123 cm³/mol. The van der Waals surface area contributed by atoms with Crippen LogP contribution >= 0.6 is 0 Å². The number of pyridine rings is 2. The molecule has 2 aromatic heterocycles. The van der Waals surface area contributed by atoms with Crippen molar-refractivity contribution in [2.45, 2.75) is 71.2 Å². The van der Waals surface area contributed by atoms with E-state index < -0.39 is 11.5 Å². The predicted octanol–water partition coefficient (Wildman–Crippen LogP) is 2.52. The molecule has 0 unspecified atom stereocenters. The van der Waals surface area contributed by atoms with Crippen LogP contribution in [0.5, 0.6) is 5.75 Å². The number of morpholine rings is 1. The van der Waals surface area contributed by atoms with Crippen molar-refractivity contribution in [2.75, 3.05) is 19.6 Å². The van der Waals surface area contributed by atoms with Gasteiger partial charge >= 0.3 is 0 Å². The van der Waals surface area contributed by atoms with Gasteiger partial charge in [0, 0.05) is 38.4 Å². The number of amides is 1. The first kappa shape index (κ1) is 22.7. The highest BCUT2D eigenvalue weighted by Crippen LogP contribution is 2.27. The number of carbonyl (C=O) groups is 1. The Bertz CT molecular complexity index is 1020. The second-order valence-corrected chi connectivity index (χ2v) is 9.50. The zero-order valence-electron chi connectivity index (χ0n) is 19.2. The van der Waals surface area contributed by atoms with Crippen LogP contribution in [0.2, 0.25) is 0 Å². The van der Waals surface area contributed by atoms with E-state index in [-0.39, 0.29) is 29.6 Å². The van der Waals surface area contributed by atoms with Gasteiger partial charge in [0.15, 0.2) is 0 Å². The fourth-order valence-corrected chi connectivity index (χ4v) is 5.05. The van der Waals surface area contributed by atoms with Crippen LogP contribution in [0.1, 0.15) is 56.8 Å². The van der Waals surface area contributed by atoms with Gasteiger partial charge in [-0.1, -0.05) is 6.92 Å². The molecule has 174 valence electrons. The fraction of sp³-hybridized carbons (Fsp3) is 0.625. The Hall–Kier alpha value is -2.45. The van der Waals surface area contributed by atoms with Gasteiger partial charge < -0.3 is 15.2 Å². The van der Waals surface area contributed by atoms with Crippen molar-refractivity contribution < 1.29 is 14.6 Å². The van der Waals surface area contributed by atoms with Gasteiger partial charge in [-0.05, 0) is 57.6 Å². The number of carbonyl (C=O) groups excluding carboxylic acids is 1. The number of nitrogens with one attached hydrogen (secondary N) is 1. The van der Waals surface area contributed by atoms with Crippen LogP contribution in [-0.4, -0.2) is 63.3 Å². The summed E-state index contributed by atoms with van der Waals surface area (Å²) < 4.78 is 7.32. The van der Waals surface area contributed by atoms with E-state index >= 15 is 0 Å². The third kappa shape index (κ3) is 4.81. The molecule has 0 aromatic carbocycles. The van der Waals surface area contributed by atoms with Gasteiger partial charge in [-0.2, -0.15) is 0 Å². The molecule has 2 fully saturated rings. The lowest BCUT2D eigenvalue weighted by Gasteiger charge is -2.35. The Morgan fingerprint density at radius 2 is 1.84 bits per heavy atom. The second-order valence-electron chi connectivity index (χ2n) is 9.50. The lowest BCUT2D eigenvalue weighted by molar-refractivity contribution is -0.0685. The summed E-state index contributed by atoms with van der Waals surface area (Å²) in [6.07, 6.45) is 5.75. The van der Waals surface area contributed by atoms with Crippen molar-refractivity contribution >= 4 is 16.9 Å². The molecular formula is C24H34N4O4. The average Bonchev–Trinajstić information content (AvgIpc) is 2.75. The first-order valence-electron chi connectivity index (χ1n) is 11.7. The first-order valence-corrected chi connectivity index (χ1v) is 11.7. The van der Waals surface area contributed by atoms with Crippen molar-refractivity contribution in [1.29, 1.82) is 0 Å². The Morgan fingerprint density at radius 3 is 2.53 bits per heavy atom. The largest absolute Gasteiger partial charge is 0.506 e. The highest BCUT2D eigenvalue weighted by atomic mass is 16.5. The maximum Gasteiger partial charge on any atom is 0.268 e. The SMILES string of the molecule is C[C@@H]1CN(CCn2c(=O)c(C(=O)N[C@H]3CC[C@@H](C)CC3)c(O)c3cccnc32)C[C@@H](C)O1. The van der Waals surface area contributed by atoms with E-state index in [0.717, 1.165) is 38.8 Å². The lowest BCUT2D eigenvalue weighted by atomic mass is 9.87. The summed E-state index contributed by atoms with van der Waals surface area (Å²) in [5.74, 6) is -0.129.